The first kappa shape index (κ1) is 43.3. The smallest absolute Gasteiger partial charge is 0.180 e. The molecule has 0 saturated carbocycles. The molecule has 0 spiro atoms. The van der Waals surface area contributed by atoms with Gasteiger partial charge in [-0.1, -0.05) is 255 Å². The predicted octanol–water partition coefficient (Wildman–Crippen LogP) is 14.3. The van der Waals surface area contributed by atoms with Crippen molar-refractivity contribution >= 4 is 50.6 Å². The normalized spacial score (nSPS) is 12.4. The van der Waals surface area contributed by atoms with Gasteiger partial charge in [0.15, 0.2) is 25.5 Å². The van der Waals surface area contributed by atoms with E-state index in [-0.39, 0.29) is 0 Å². The first-order chi connectivity index (χ1) is 36.7. The van der Waals surface area contributed by atoms with Gasteiger partial charge in [-0.25, -0.2) is 15.0 Å². The van der Waals surface area contributed by atoms with Crippen molar-refractivity contribution < 1.29 is 0 Å². The van der Waals surface area contributed by atoms with Gasteiger partial charge in [0.25, 0.3) is 0 Å². The Bertz CT molecular complexity index is 4060. The summed E-state index contributed by atoms with van der Waals surface area (Å²) in [5, 5.41) is 7.93. The number of hydrogen-bond donors (Lipinski definition) is 0. The zero-order valence-electron chi connectivity index (χ0n) is 40.3. The Morgan fingerprint density at radius 3 is 1.19 bits per heavy atom. The number of rotatable bonds is 9. The number of aromatic nitrogens is 4. The molecule has 0 N–H and O–H groups in total. The number of para-hydroxylation sites is 1. The molecule has 346 valence electrons. The topological polar surface area (TPSA) is 43.6 Å². The second kappa shape index (κ2) is 17.9. The van der Waals surface area contributed by atoms with E-state index < -0.39 is 8.07 Å². The predicted molar refractivity (Wildman–Crippen MR) is 309 cm³/mol. The molecule has 14 rings (SSSR count). The van der Waals surface area contributed by atoms with Crippen molar-refractivity contribution in [3.63, 3.8) is 0 Å². The van der Waals surface area contributed by atoms with Gasteiger partial charge in [-0.05, 0) is 89.5 Å². The van der Waals surface area contributed by atoms with Crippen LogP contribution in [0.25, 0.3) is 106 Å². The monoisotopic (exact) mass is 958 g/mol. The van der Waals surface area contributed by atoms with Crippen LogP contribution in [0.15, 0.2) is 279 Å². The Labute approximate surface area is 431 Å². The van der Waals surface area contributed by atoms with Crippen LogP contribution in [0.3, 0.4) is 0 Å². The fourth-order valence-electron chi connectivity index (χ4n) is 11.5. The Morgan fingerprint density at radius 2 is 0.649 bits per heavy atom. The fraction of sp³-hybridized carbons (Fsp3) is 0. The van der Waals surface area contributed by atoms with Gasteiger partial charge >= 0.3 is 0 Å². The van der Waals surface area contributed by atoms with E-state index in [4.69, 9.17) is 15.0 Å². The van der Waals surface area contributed by atoms with Crippen molar-refractivity contribution in [3.8, 4) is 84.4 Å². The molecule has 0 atom stereocenters. The Kier molecular flexibility index (Phi) is 10.5. The molecule has 0 amide bonds. The third-order valence-corrected chi connectivity index (χ3v) is 19.8. The average molecular weight is 959 g/mol. The van der Waals surface area contributed by atoms with E-state index in [1.807, 2.05) is 12.1 Å². The molecule has 0 aliphatic carbocycles. The Hall–Kier alpha value is -9.55. The van der Waals surface area contributed by atoms with E-state index in [9.17, 15) is 0 Å². The van der Waals surface area contributed by atoms with E-state index in [2.05, 4.69) is 271 Å². The van der Waals surface area contributed by atoms with Crippen LogP contribution in [-0.4, -0.2) is 27.6 Å². The molecule has 0 unspecified atom stereocenters. The molecule has 5 heteroatoms. The average Bonchev–Trinajstić information content (AvgIpc) is 3.99. The summed E-state index contributed by atoms with van der Waals surface area (Å²) < 4.78 is 2.44. The second-order valence-corrected chi connectivity index (χ2v) is 22.8. The van der Waals surface area contributed by atoms with E-state index in [1.54, 1.807) is 0 Å². The second-order valence-electron chi connectivity index (χ2n) is 19.1. The lowest BCUT2D eigenvalue weighted by Crippen LogP contribution is -2.72. The van der Waals surface area contributed by atoms with Gasteiger partial charge in [0, 0.05) is 33.2 Å². The van der Waals surface area contributed by atoms with E-state index in [0.717, 1.165) is 33.5 Å². The van der Waals surface area contributed by atoms with Crippen molar-refractivity contribution in [3.05, 3.63) is 279 Å². The Balaban J connectivity index is 0.921. The molecule has 0 bridgehead atoms. The van der Waals surface area contributed by atoms with Crippen LogP contribution >= 0.6 is 0 Å². The van der Waals surface area contributed by atoms with Gasteiger partial charge in [0.2, 0.25) is 0 Å². The minimum absolute atomic E-state index is 0.629. The highest BCUT2D eigenvalue weighted by atomic mass is 28.3. The summed E-state index contributed by atoms with van der Waals surface area (Å²) in [6.45, 7) is 0. The van der Waals surface area contributed by atoms with Crippen LogP contribution in [0.2, 0.25) is 0 Å². The minimum Gasteiger partial charge on any atom is -0.309 e. The molecule has 2 aromatic heterocycles. The fourth-order valence-corrected chi connectivity index (χ4v) is 16.6. The maximum absolute atomic E-state index is 5.24. The molecule has 0 saturated heterocycles. The minimum atomic E-state index is -2.93. The van der Waals surface area contributed by atoms with Gasteiger partial charge in [-0.3, -0.25) is 0 Å². The summed E-state index contributed by atoms with van der Waals surface area (Å²) in [5.41, 5.74) is 15.9. The zero-order chi connectivity index (χ0) is 49.0. The SMILES string of the molecule is c1ccc(-c2ccc(-c3nc(-c4ccc(-c5ccccc5)cc4)nc(-c4ccc([Si]5(c6ccc7c(c6)c6ccccc6n7-c6cccc(-c7ccccc7)c6)c6ccccc6-c6ccccc65)cc4)n3)cc2)cc1. The molecule has 11 aromatic carbocycles. The molecule has 0 radical (unpaired) electrons. The quantitative estimate of drug-likeness (QED) is 0.135. The molecule has 13 aromatic rings. The number of hydrogen-bond acceptors (Lipinski definition) is 3. The third kappa shape index (κ3) is 7.24. The number of fused-ring (bicyclic) bond motifs is 6. The number of nitrogens with zero attached hydrogens (tertiary/aromatic N) is 4. The molecular formula is C69H46N4Si. The summed E-state index contributed by atoms with van der Waals surface area (Å²) in [5.74, 6) is 1.89. The van der Waals surface area contributed by atoms with Crippen LogP contribution in [0, 0.1) is 0 Å². The van der Waals surface area contributed by atoms with Crippen LogP contribution in [0.4, 0.5) is 0 Å². The van der Waals surface area contributed by atoms with E-state index in [0.29, 0.717) is 17.5 Å². The highest BCUT2D eigenvalue weighted by Crippen LogP contribution is 2.36. The van der Waals surface area contributed by atoms with E-state index >= 15 is 0 Å². The molecule has 74 heavy (non-hydrogen) atoms. The molecule has 1 aliphatic rings. The molecule has 4 nitrogen and oxygen atoms in total. The standard InChI is InChI=1S/C69H46N4Si/c1-4-17-47(18-5-1)50-31-35-52(36-32-50)67-70-68(53-37-33-51(34-38-53)48-19-6-2-7-20-48)72-69(71-67)54-39-41-57(42-40-54)74(65-29-14-11-26-60(65)61-27-12-15-30-66(61)74)58-43-44-64-62(46-58)59-25-10-13-28-63(59)73(64)56-24-16-23-55(45-56)49-21-8-3-9-22-49/h1-46H. The van der Waals surface area contributed by atoms with Crippen LogP contribution in [-0.2, 0) is 0 Å². The van der Waals surface area contributed by atoms with Crippen molar-refractivity contribution in [1.29, 1.82) is 0 Å². The third-order valence-electron chi connectivity index (χ3n) is 15.0. The van der Waals surface area contributed by atoms with Crippen LogP contribution in [0.1, 0.15) is 0 Å². The summed E-state index contributed by atoms with van der Waals surface area (Å²) >= 11 is 0. The van der Waals surface area contributed by atoms with Crippen molar-refractivity contribution in [2.75, 3.05) is 0 Å². The lowest BCUT2D eigenvalue weighted by Gasteiger charge is -2.31. The van der Waals surface area contributed by atoms with Crippen molar-refractivity contribution in [1.82, 2.24) is 19.5 Å². The largest absolute Gasteiger partial charge is 0.309 e. The first-order valence-electron chi connectivity index (χ1n) is 25.3. The van der Waals surface area contributed by atoms with Gasteiger partial charge < -0.3 is 4.57 Å². The summed E-state index contributed by atoms with van der Waals surface area (Å²) in [6, 6.07) is 101. The van der Waals surface area contributed by atoms with E-state index in [1.165, 1.54) is 75.9 Å². The zero-order valence-corrected chi connectivity index (χ0v) is 41.3. The van der Waals surface area contributed by atoms with Gasteiger partial charge in [0.1, 0.15) is 0 Å². The van der Waals surface area contributed by atoms with Crippen molar-refractivity contribution in [2.45, 2.75) is 0 Å². The molecule has 3 heterocycles. The summed E-state index contributed by atoms with van der Waals surface area (Å²) in [4.78, 5) is 15.6. The number of benzene rings is 11. The lowest BCUT2D eigenvalue weighted by molar-refractivity contribution is 1.07. The van der Waals surface area contributed by atoms with Gasteiger partial charge in [-0.15, -0.1) is 0 Å². The van der Waals surface area contributed by atoms with Gasteiger partial charge in [-0.2, -0.15) is 0 Å². The summed E-state index contributed by atoms with van der Waals surface area (Å²) in [7, 11) is -2.93. The van der Waals surface area contributed by atoms with Crippen LogP contribution < -0.4 is 20.7 Å². The van der Waals surface area contributed by atoms with Crippen LogP contribution in [0.5, 0.6) is 0 Å². The molecule has 0 fully saturated rings. The molecular weight excluding hydrogens is 913 g/mol. The summed E-state index contributed by atoms with van der Waals surface area (Å²) in [6.07, 6.45) is 0. The van der Waals surface area contributed by atoms with Crippen molar-refractivity contribution in [2.24, 2.45) is 0 Å². The first-order valence-corrected chi connectivity index (χ1v) is 27.3. The Morgan fingerprint density at radius 1 is 0.257 bits per heavy atom. The highest BCUT2D eigenvalue weighted by Gasteiger charge is 2.48. The maximum Gasteiger partial charge on any atom is 0.180 e. The van der Waals surface area contributed by atoms with Gasteiger partial charge in [0.05, 0.1) is 11.0 Å². The highest BCUT2D eigenvalue weighted by molar-refractivity contribution is 7.22. The maximum atomic E-state index is 5.24. The lowest BCUT2D eigenvalue weighted by atomic mass is 10.0. The molecule has 1 aliphatic heterocycles.